The Bertz CT molecular complexity index is 595. The molecule has 0 saturated carbocycles. The predicted molar refractivity (Wildman–Crippen MR) is 72.2 cm³/mol. The van der Waals surface area contributed by atoms with Crippen molar-refractivity contribution in [1.82, 2.24) is 0 Å². The summed E-state index contributed by atoms with van der Waals surface area (Å²) < 4.78 is 5.50. The number of carboxylic acid groups (broad SMARTS) is 1. The van der Waals surface area contributed by atoms with E-state index >= 15 is 0 Å². The first-order chi connectivity index (χ1) is 9.58. The van der Waals surface area contributed by atoms with Crippen molar-refractivity contribution < 1.29 is 19.4 Å². The summed E-state index contributed by atoms with van der Waals surface area (Å²) in [6.45, 7) is 1.89. The molecule has 0 spiro atoms. The van der Waals surface area contributed by atoms with E-state index in [0.29, 0.717) is 5.69 Å². The minimum atomic E-state index is -0.994. The summed E-state index contributed by atoms with van der Waals surface area (Å²) in [5.74, 6) is -2.79. The Kier molecular flexibility index (Phi) is 3.06. The highest BCUT2D eigenvalue weighted by molar-refractivity contribution is 5.97. The molecule has 1 amide bonds. The van der Waals surface area contributed by atoms with Crippen LogP contribution >= 0.6 is 0 Å². The molecular formula is C15H15NO4. The van der Waals surface area contributed by atoms with Gasteiger partial charge in [0.1, 0.15) is 5.92 Å². The maximum absolute atomic E-state index is 12.4. The standard InChI is InChI=1S/C15H15NO4/c1-8-4-2-3-5-9(8)16-14(17)12-10-6-7-11(20-10)13(12)15(18)19/h2-7,10-13H,1H3,(H,16,17)(H,18,19)/t10-,11-,12+,13-/m1/s1. The first-order valence-electron chi connectivity index (χ1n) is 6.51. The van der Waals surface area contributed by atoms with Crippen molar-refractivity contribution in [1.29, 1.82) is 0 Å². The molecule has 5 nitrogen and oxygen atoms in total. The molecule has 0 aliphatic carbocycles. The van der Waals surface area contributed by atoms with Crippen molar-refractivity contribution in [3.05, 3.63) is 42.0 Å². The minimum absolute atomic E-state index is 0.302. The topological polar surface area (TPSA) is 75.6 Å². The van der Waals surface area contributed by atoms with Crippen molar-refractivity contribution in [2.75, 3.05) is 5.32 Å². The van der Waals surface area contributed by atoms with E-state index in [-0.39, 0.29) is 5.91 Å². The largest absolute Gasteiger partial charge is 0.481 e. The van der Waals surface area contributed by atoms with Crippen LogP contribution in [0.1, 0.15) is 5.56 Å². The fourth-order valence-corrected chi connectivity index (χ4v) is 2.84. The summed E-state index contributed by atoms with van der Waals surface area (Å²) in [6.07, 6.45) is 2.56. The number of nitrogens with one attached hydrogen (secondary N) is 1. The molecule has 2 aliphatic rings. The molecular weight excluding hydrogens is 258 g/mol. The van der Waals surface area contributed by atoms with Crippen molar-refractivity contribution >= 4 is 17.6 Å². The third-order valence-electron chi connectivity index (χ3n) is 3.89. The smallest absolute Gasteiger partial charge is 0.310 e. The van der Waals surface area contributed by atoms with Gasteiger partial charge in [-0.15, -0.1) is 0 Å². The van der Waals surface area contributed by atoms with Gasteiger partial charge < -0.3 is 15.2 Å². The van der Waals surface area contributed by atoms with Gasteiger partial charge in [-0.25, -0.2) is 0 Å². The summed E-state index contributed by atoms with van der Waals surface area (Å²) >= 11 is 0. The fraction of sp³-hybridized carbons (Fsp3) is 0.333. The highest BCUT2D eigenvalue weighted by atomic mass is 16.5. The molecule has 5 heteroatoms. The number of amides is 1. The van der Waals surface area contributed by atoms with Gasteiger partial charge in [0.05, 0.1) is 18.1 Å². The average Bonchev–Trinajstić information content (AvgIpc) is 3.01. The van der Waals surface area contributed by atoms with E-state index in [1.165, 1.54) is 0 Å². The molecule has 1 fully saturated rings. The first-order valence-corrected chi connectivity index (χ1v) is 6.51. The number of para-hydroxylation sites is 1. The van der Waals surface area contributed by atoms with Crippen LogP contribution in [-0.4, -0.2) is 29.2 Å². The molecule has 0 radical (unpaired) electrons. The summed E-state index contributed by atoms with van der Waals surface area (Å²) in [7, 11) is 0. The molecule has 4 atom stereocenters. The van der Waals surface area contributed by atoms with E-state index in [9.17, 15) is 14.7 Å². The number of rotatable bonds is 3. The number of aryl methyl sites for hydroxylation is 1. The normalized spacial score (nSPS) is 30.4. The number of hydrogen-bond donors (Lipinski definition) is 2. The Labute approximate surface area is 116 Å². The number of carbonyl (C=O) groups is 2. The summed E-state index contributed by atoms with van der Waals surface area (Å²) in [5.41, 5.74) is 1.64. The lowest BCUT2D eigenvalue weighted by molar-refractivity contribution is -0.145. The van der Waals surface area contributed by atoms with E-state index in [2.05, 4.69) is 5.32 Å². The lowest BCUT2D eigenvalue weighted by Gasteiger charge is -2.21. The van der Waals surface area contributed by atoms with Crippen molar-refractivity contribution in [2.24, 2.45) is 11.8 Å². The van der Waals surface area contributed by atoms with E-state index in [1.807, 2.05) is 25.1 Å². The molecule has 2 heterocycles. The van der Waals surface area contributed by atoms with Crippen LogP contribution < -0.4 is 5.32 Å². The van der Waals surface area contributed by atoms with Crippen molar-refractivity contribution in [3.63, 3.8) is 0 Å². The molecule has 1 saturated heterocycles. The zero-order valence-electron chi connectivity index (χ0n) is 10.9. The van der Waals surface area contributed by atoms with Crippen LogP contribution in [-0.2, 0) is 14.3 Å². The Hall–Kier alpha value is -2.14. The maximum atomic E-state index is 12.4. The zero-order chi connectivity index (χ0) is 14.3. The molecule has 1 aromatic rings. The van der Waals surface area contributed by atoms with E-state index in [4.69, 9.17) is 4.74 Å². The minimum Gasteiger partial charge on any atom is -0.481 e. The van der Waals surface area contributed by atoms with Gasteiger partial charge in [0, 0.05) is 5.69 Å². The monoisotopic (exact) mass is 273 g/mol. The number of carboxylic acids is 1. The summed E-state index contributed by atoms with van der Waals surface area (Å²) in [6, 6.07) is 7.40. The second kappa shape index (κ2) is 4.76. The van der Waals surface area contributed by atoms with Crippen LogP contribution in [0.2, 0.25) is 0 Å². The van der Waals surface area contributed by atoms with Gasteiger partial charge in [0.25, 0.3) is 0 Å². The van der Waals surface area contributed by atoms with E-state index < -0.39 is 30.0 Å². The number of anilines is 1. The number of ether oxygens (including phenoxy) is 1. The lowest BCUT2D eigenvalue weighted by Crippen LogP contribution is -2.39. The zero-order valence-corrected chi connectivity index (χ0v) is 10.9. The van der Waals surface area contributed by atoms with Crippen LogP contribution in [0, 0.1) is 18.8 Å². The van der Waals surface area contributed by atoms with Crippen LogP contribution in [0.5, 0.6) is 0 Å². The second-order valence-corrected chi connectivity index (χ2v) is 5.14. The SMILES string of the molecule is Cc1ccccc1NC(=O)[C@@H]1[C@H](C(=O)O)[C@H]2C=C[C@H]1O2. The van der Waals surface area contributed by atoms with Gasteiger partial charge in [0.2, 0.25) is 5.91 Å². The Morgan fingerprint density at radius 2 is 1.80 bits per heavy atom. The molecule has 0 unspecified atom stereocenters. The molecule has 0 aromatic heterocycles. The summed E-state index contributed by atoms with van der Waals surface area (Å²) in [5, 5.41) is 12.1. The molecule has 2 N–H and O–H groups in total. The summed E-state index contributed by atoms with van der Waals surface area (Å²) in [4.78, 5) is 23.7. The van der Waals surface area contributed by atoms with Gasteiger partial charge in [-0.3, -0.25) is 9.59 Å². The van der Waals surface area contributed by atoms with Crippen molar-refractivity contribution in [2.45, 2.75) is 19.1 Å². The van der Waals surface area contributed by atoms with E-state index in [0.717, 1.165) is 5.56 Å². The van der Waals surface area contributed by atoms with E-state index in [1.54, 1.807) is 18.2 Å². The second-order valence-electron chi connectivity index (χ2n) is 5.14. The van der Waals surface area contributed by atoms with Gasteiger partial charge in [-0.1, -0.05) is 30.4 Å². The number of benzene rings is 1. The number of fused-ring (bicyclic) bond motifs is 2. The fourth-order valence-electron chi connectivity index (χ4n) is 2.84. The predicted octanol–water partition coefficient (Wildman–Crippen LogP) is 1.59. The Morgan fingerprint density at radius 1 is 1.15 bits per heavy atom. The third kappa shape index (κ3) is 2.00. The van der Waals surface area contributed by atoms with Crippen LogP contribution in [0.4, 0.5) is 5.69 Å². The van der Waals surface area contributed by atoms with Gasteiger partial charge in [0.15, 0.2) is 0 Å². The van der Waals surface area contributed by atoms with Crippen LogP contribution in [0.25, 0.3) is 0 Å². The molecule has 2 aliphatic heterocycles. The molecule has 1 aromatic carbocycles. The van der Waals surface area contributed by atoms with Gasteiger partial charge in [-0.05, 0) is 18.6 Å². The average molecular weight is 273 g/mol. The maximum Gasteiger partial charge on any atom is 0.310 e. The number of carbonyl (C=O) groups excluding carboxylic acids is 1. The molecule has 104 valence electrons. The van der Waals surface area contributed by atoms with Crippen LogP contribution in [0.3, 0.4) is 0 Å². The van der Waals surface area contributed by atoms with Crippen molar-refractivity contribution in [3.8, 4) is 0 Å². The molecule has 3 rings (SSSR count). The first kappa shape index (κ1) is 12.9. The number of hydrogen-bond acceptors (Lipinski definition) is 3. The number of aliphatic carboxylic acids is 1. The quantitative estimate of drug-likeness (QED) is 0.820. The van der Waals surface area contributed by atoms with Gasteiger partial charge >= 0.3 is 5.97 Å². The molecule has 20 heavy (non-hydrogen) atoms. The molecule has 2 bridgehead atoms. The highest BCUT2D eigenvalue weighted by Gasteiger charge is 2.53. The third-order valence-corrected chi connectivity index (χ3v) is 3.89. The van der Waals surface area contributed by atoms with Gasteiger partial charge in [-0.2, -0.15) is 0 Å². The lowest BCUT2D eigenvalue weighted by atomic mass is 9.82. The Balaban J connectivity index is 1.82. The highest BCUT2D eigenvalue weighted by Crippen LogP contribution is 2.39. The van der Waals surface area contributed by atoms with Crippen LogP contribution in [0.15, 0.2) is 36.4 Å². The Morgan fingerprint density at radius 3 is 2.45 bits per heavy atom.